The molecule has 1 aliphatic rings. The zero-order chi connectivity index (χ0) is 22.5. The SMILES string of the molecule is O=C(CSc1nnc(C2CC2)n1Cc1ccccc1)NC(=O)c1ccc(OC(F)F)cc1. The first-order valence-corrected chi connectivity index (χ1v) is 11.0. The van der Waals surface area contributed by atoms with Crippen molar-refractivity contribution in [2.45, 2.75) is 37.1 Å². The minimum absolute atomic E-state index is 0.0179. The number of nitrogens with zero attached hydrogens (tertiary/aromatic N) is 3. The molecule has 0 unspecified atom stereocenters. The van der Waals surface area contributed by atoms with Crippen molar-refractivity contribution in [2.75, 3.05) is 5.75 Å². The van der Waals surface area contributed by atoms with E-state index in [4.69, 9.17) is 0 Å². The van der Waals surface area contributed by atoms with E-state index in [9.17, 15) is 18.4 Å². The van der Waals surface area contributed by atoms with Gasteiger partial charge in [-0.2, -0.15) is 8.78 Å². The molecule has 166 valence electrons. The van der Waals surface area contributed by atoms with Crippen molar-refractivity contribution < 1.29 is 23.1 Å². The number of nitrogens with one attached hydrogen (secondary N) is 1. The standard InChI is InChI=1S/C22H20F2N4O3S/c23-21(24)31-17-10-8-16(9-11-17)20(30)25-18(29)13-32-22-27-26-19(15-6-7-15)28(22)12-14-4-2-1-3-5-14/h1-5,8-11,15,21H,6-7,12-13H2,(H,25,29,30). The molecule has 0 spiro atoms. The van der Waals surface area contributed by atoms with Crippen LogP contribution in [0.3, 0.4) is 0 Å². The highest BCUT2D eigenvalue weighted by Crippen LogP contribution is 2.40. The molecular weight excluding hydrogens is 438 g/mol. The zero-order valence-electron chi connectivity index (χ0n) is 16.9. The summed E-state index contributed by atoms with van der Waals surface area (Å²) in [5.74, 6) is 0.115. The van der Waals surface area contributed by atoms with Crippen LogP contribution in [0, 0.1) is 0 Å². The molecule has 10 heteroatoms. The fourth-order valence-electron chi connectivity index (χ4n) is 3.12. The number of rotatable bonds is 9. The van der Waals surface area contributed by atoms with Crippen molar-refractivity contribution in [1.29, 1.82) is 0 Å². The van der Waals surface area contributed by atoms with E-state index in [0.717, 1.165) is 24.2 Å². The van der Waals surface area contributed by atoms with E-state index in [1.54, 1.807) is 0 Å². The van der Waals surface area contributed by atoms with Crippen LogP contribution < -0.4 is 10.1 Å². The van der Waals surface area contributed by atoms with E-state index in [0.29, 0.717) is 17.6 Å². The molecule has 0 bridgehead atoms. The quantitative estimate of drug-likeness (QED) is 0.490. The van der Waals surface area contributed by atoms with Crippen LogP contribution in [0.4, 0.5) is 8.78 Å². The molecule has 1 heterocycles. The average Bonchev–Trinajstić information content (AvgIpc) is 3.54. The van der Waals surface area contributed by atoms with E-state index in [2.05, 4.69) is 20.3 Å². The first-order valence-electron chi connectivity index (χ1n) is 9.98. The summed E-state index contributed by atoms with van der Waals surface area (Å²) in [5.41, 5.74) is 1.27. The molecule has 2 amide bonds. The minimum atomic E-state index is -2.95. The third-order valence-corrected chi connectivity index (χ3v) is 5.77. The van der Waals surface area contributed by atoms with Crippen molar-refractivity contribution in [3.05, 3.63) is 71.5 Å². The summed E-state index contributed by atoms with van der Waals surface area (Å²) in [4.78, 5) is 24.5. The van der Waals surface area contributed by atoms with Crippen molar-refractivity contribution in [1.82, 2.24) is 20.1 Å². The predicted octanol–water partition coefficient (Wildman–Crippen LogP) is 3.85. The Hall–Kier alpha value is -3.27. The van der Waals surface area contributed by atoms with Crippen LogP contribution in [0.15, 0.2) is 59.8 Å². The van der Waals surface area contributed by atoms with Crippen LogP contribution in [0.25, 0.3) is 0 Å². The lowest BCUT2D eigenvalue weighted by molar-refractivity contribution is -0.117. The van der Waals surface area contributed by atoms with Gasteiger partial charge in [0.2, 0.25) is 5.91 Å². The smallest absolute Gasteiger partial charge is 0.387 e. The maximum atomic E-state index is 12.3. The molecule has 0 atom stereocenters. The lowest BCUT2D eigenvalue weighted by Gasteiger charge is -2.10. The summed E-state index contributed by atoms with van der Waals surface area (Å²) in [6, 6.07) is 15.0. The summed E-state index contributed by atoms with van der Waals surface area (Å²) >= 11 is 1.21. The highest BCUT2D eigenvalue weighted by atomic mass is 32.2. The van der Waals surface area contributed by atoms with Crippen LogP contribution in [0.5, 0.6) is 5.75 Å². The second-order valence-corrected chi connectivity index (χ2v) is 8.20. The van der Waals surface area contributed by atoms with Crippen molar-refractivity contribution in [3.8, 4) is 5.75 Å². The Morgan fingerprint density at radius 3 is 2.47 bits per heavy atom. The number of hydrogen-bond donors (Lipinski definition) is 1. The zero-order valence-corrected chi connectivity index (χ0v) is 17.7. The number of imide groups is 1. The number of carbonyl (C=O) groups excluding carboxylic acids is 2. The van der Waals surface area contributed by atoms with Crippen LogP contribution >= 0.6 is 11.8 Å². The first kappa shape index (κ1) is 21.9. The van der Waals surface area contributed by atoms with Crippen LogP contribution in [-0.2, 0) is 11.3 Å². The normalized spacial score (nSPS) is 13.2. The van der Waals surface area contributed by atoms with Gasteiger partial charge < -0.3 is 9.30 Å². The van der Waals surface area contributed by atoms with Gasteiger partial charge in [0.15, 0.2) is 5.16 Å². The fourth-order valence-corrected chi connectivity index (χ4v) is 3.86. The van der Waals surface area contributed by atoms with Gasteiger partial charge in [-0.1, -0.05) is 42.1 Å². The molecule has 0 radical (unpaired) electrons. The van der Waals surface area contributed by atoms with E-state index >= 15 is 0 Å². The number of benzene rings is 2. The molecule has 0 aliphatic heterocycles. The van der Waals surface area contributed by atoms with Crippen LogP contribution in [-0.4, -0.2) is 38.9 Å². The van der Waals surface area contributed by atoms with Crippen LogP contribution in [0.2, 0.25) is 0 Å². The Bertz CT molecular complexity index is 1090. The van der Waals surface area contributed by atoms with Crippen LogP contribution in [0.1, 0.15) is 40.5 Å². The average molecular weight is 458 g/mol. The molecule has 32 heavy (non-hydrogen) atoms. The second kappa shape index (κ2) is 9.90. The van der Waals surface area contributed by atoms with Gasteiger partial charge in [0, 0.05) is 11.5 Å². The third kappa shape index (κ3) is 5.70. The summed E-state index contributed by atoms with van der Waals surface area (Å²) in [5, 5.41) is 11.5. The predicted molar refractivity (Wildman–Crippen MR) is 114 cm³/mol. The number of thioether (sulfide) groups is 1. The maximum Gasteiger partial charge on any atom is 0.387 e. The molecule has 1 N–H and O–H groups in total. The van der Waals surface area contributed by atoms with Gasteiger partial charge in [-0.05, 0) is 42.7 Å². The molecule has 1 aliphatic carbocycles. The number of ether oxygens (including phenoxy) is 1. The summed E-state index contributed by atoms with van der Waals surface area (Å²) in [7, 11) is 0. The van der Waals surface area contributed by atoms with Gasteiger partial charge in [-0.25, -0.2) is 0 Å². The summed E-state index contributed by atoms with van der Waals surface area (Å²) < 4.78 is 30.7. The molecule has 7 nitrogen and oxygen atoms in total. The molecule has 1 aromatic heterocycles. The van der Waals surface area contributed by atoms with Crippen molar-refractivity contribution in [2.24, 2.45) is 0 Å². The number of aromatic nitrogens is 3. The molecule has 1 fully saturated rings. The van der Waals surface area contributed by atoms with Crippen molar-refractivity contribution >= 4 is 23.6 Å². The maximum absolute atomic E-state index is 12.3. The Labute approximate surface area is 187 Å². The van der Waals surface area contributed by atoms with Crippen molar-refractivity contribution in [3.63, 3.8) is 0 Å². The van der Waals surface area contributed by atoms with E-state index in [1.165, 1.54) is 36.0 Å². The minimum Gasteiger partial charge on any atom is -0.435 e. The van der Waals surface area contributed by atoms with Gasteiger partial charge in [-0.3, -0.25) is 14.9 Å². The Morgan fingerprint density at radius 2 is 1.81 bits per heavy atom. The number of hydrogen-bond acceptors (Lipinski definition) is 6. The lowest BCUT2D eigenvalue weighted by atomic mass is 10.2. The lowest BCUT2D eigenvalue weighted by Crippen LogP contribution is -2.31. The van der Waals surface area contributed by atoms with Gasteiger partial charge in [0.05, 0.1) is 12.3 Å². The molecule has 0 saturated heterocycles. The number of alkyl halides is 2. The molecular formula is C22H20F2N4O3S. The second-order valence-electron chi connectivity index (χ2n) is 7.26. The molecule has 3 aromatic rings. The Balaban J connectivity index is 1.36. The fraction of sp³-hybridized carbons (Fsp3) is 0.273. The number of carbonyl (C=O) groups is 2. The molecule has 2 aromatic carbocycles. The van der Waals surface area contributed by atoms with E-state index in [-0.39, 0.29) is 17.1 Å². The highest BCUT2D eigenvalue weighted by molar-refractivity contribution is 7.99. The first-order chi connectivity index (χ1) is 15.5. The summed E-state index contributed by atoms with van der Waals surface area (Å²) in [6.07, 6.45) is 2.15. The summed E-state index contributed by atoms with van der Waals surface area (Å²) in [6.45, 7) is -2.34. The van der Waals surface area contributed by atoms with Gasteiger partial charge in [-0.15, -0.1) is 10.2 Å². The molecule has 4 rings (SSSR count). The van der Waals surface area contributed by atoms with Gasteiger partial charge in [0.25, 0.3) is 5.91 Å². The van der Waals surface area contributed by atoms with E-state index < -0.39 is 18.4 Å². The van der Waals surface area contributed by atoms with E-state index in [1.807, 2.05) is 34.9 Å². The Morgan fingerprint density at radius 1 is 1.09 bits per heavy atom. The monoisotopic (exact) mass is 458 g/mol. The molecule has 1 saturated carbocycles. The number of halogens is 2. The topological polar surface area (TPSA) is 86.1 Å². The third-order valence-electron chi connectivity index (χ3n) is 4.80. The number of amides is 2. The largest absolute Gasteiger partial charge is 0.435 e. The highest BCUT2D eigenvalue weighted by Gasteiger charge is 2.30. The van der Waals surface area contributed by atoms with Gasteiger partial charge in [0.1, 0.15) is 11.6 Å². The Kier molecular flexibility index (Phi) is 6.79. The van der Waals surface area contributed by atoms with Gasteiger partial charge >= 0.3 is 6.61 Å².